The van der Waals surface area contributed by atoms with Gasteiger partial charge in [0, 0.05) is 24.7 Å². The Morgan fingerprint density at radius 2 is 2.24 bits per heavy atom. The van der Waals surface area contributed by atoms with Crippen LogP contribution < -0.4 is 5.32 Å². The molecule has 1 aliphatic rings. The maximum atomic E-state index is 13.5. The van der Waals surface area contributed by atoms with E-state index in [0.717, 1.165) is 32.0 Å². The zero-order valence-corrected chi connectivity index (χ0v) is 10.0. The van der Waals surface area contributed by atoms with Gasteiger partial charge < -0.3 is 5.32 Å². The number of nitrogens with one attached hydrogen (secondary N) is 1. The summed E-state index contributed by atoms with van der Waals surface area (Å²) in [6.45, 7) is 2.43. The lowest BCUT2D eigenvalue weighted by Crippen LogP contribution is -2.43. The highest BCUT2D eigenvalue weighted by Crippen LogP contribution is 2.15. The van der Waals surface area contributed by atoms with Crippen LogP contribution in [0.3, 0.4) is 0 Å². The third-order valence-electron chi connectivity index (χ3n) is 3.32. The second-order valence-corrected chi connectivity index (χ2v) is 4.65. The van der Waals surface area contributed by atoms with E-state index in [-0.39, 0.29) is 11.6 Å². The molecule has 4 heteroatoms. The first kappa shape index (κ1) is 12.5. The summed E-state index contributed by atoms with van der Waals surface area (Å²) >= 11 is 0. The minimum atomic E-state index is -0.378. The highest BCUT2D eigenvalue weighted by molar-refractivity contribution is 5.18. The Morgan fingerprint density at radius 1 is 1.41 bits per heavy atom. The van der Waals surface area contributed by atoms with E-state index in [9.17, 15) is 8.78 Å². The van der Waals surface area contributed by atoms with Crippen molar-refractivity contribution in [3.63, 3.8) is 0 Å². The Hall–Kier alpha value is -1.00. The number of nitrogens with zero attached hydrogens (tertiary/aromatic N) is 1. The van der Waals surface area contributed by atoms with Crippen molar-refractivity contribution in [2.75, 3.05) is 20.1 Å². The Labute approximate surface area is 101 Å². The molecule has 1 aromatic rings. The van der Waals surface area contributed by atoms with Crippen LogP contribution in [0.4, 0.5) is 8.78 Å². The van der Waals surface area contributed by atoms with Gasteiger partial charge in [0.25, 0.3) is 0 Å². The summed E-state index contributed by atoms with van der Waals surface area (Å²) in [6, 6.07) is 4.03. The Bertz CT molecular complexity index is 376. The van der Waals surface area contributed by atoms with Crippen molar-refractivity contribution >= 4 is 0 Å². The lowest BCUT2D eigenvalue weighted by Gasteiger charge is -2.31. The summed E-state index contributed by atoms with van der Waals surface area (Å²) in [6.07, 6.45) is 2.25. The van der Waals surface area contributed by atoms with Gasteiger partial charge in [0.05, 0.1) is 0 Å². The second-order valence-electron chi connectivity index (χ2n) is 4.65. The van der Waals surface area contributed by atoms with E-state index in [1.807, 2.05) is 7.05 Å². The van der Waals surface area contributed by atoms with Gasteiger partial charge in [-0.25, -0.2) is 8.78 Å². The molecule has 1 fully saturated rings. The summed E-state index contributed by atoms with van der Waals surface area (Å²) in [5.41, 5.74) is 0.429. The highest BCUT2D eigenvalue weighted by Gasteiger charge is 2.18. The minimum Gasteiger partial charge on any atom is -0.315 e. The van der Waals surface area contributed by atoms with E-state index in [1.54, 1.807) is 0 Å². The van der Waals surface area contributed by atoms with Crippen molar-refractivity contribution in [1.29, 1.82) is 0 Å². The van der Waals surface area contributed by atoms with E-state index in [1.165, 1.54) is 12.1 Å². The van der Waals surface area contributed by atoms with Crippen LogP contribution in [0.1, 0.15) is 18.4 Å². The van der Waals surface area contributed by atoms with Crippen LogP contribution in [0.15, 0.2) is 18.2 Å². The zero-order chi connectivity index (χ0) is 12.3. The predicted octanol–water partition coefficient (Wildman–Crippen LogP) is 2.15. The van der Waals surface area contributed by atoms with Gasteiger partial charge in [0.2, 0.25) is 0 Å². The molecule has 1 aliphatic heterocycles. The van der Waals surface area contributed by atoms with Crippen LogP contribution in [0.2, 0.25) is 0 Å². The normalized spacial score (nSPS) is 20.8. The third-order valence-corrected chi connectivity index (χ3v) is 3.32. The van der Waals surface area contributed by atoms with E-state index >= 15 is 0 Å². The molecule has 0 bridgehead atoms. The van der Waals surface area contributed by atoms with Gasteiger partial charge in [-0.05, 0) is 44.6 Å². The van der Waals surface area contributed by atoms with Gasteiger partial charge in [-0.2, -0.15) is 0 Å². The molecule has 0 radical (unpaired) electrons. The van der Waals surface area contributed by atoms with Crippen LogP contribution in [0, 0.1) is 11.6 Å². The molecular formula is C13H18F2N2. The van der Waals surface area contributed by atoms with Gasteiger partial charge in [-0.15, -0.1) is 0 Å². The maximum Gasteiger partial charge on any atom is 0.127 e. The van der Waals surface area contributed by atoms with E-state index in [2.05, 4.69) is 10.2 Å². The number of piperidine rings is 1. The fourth-order valence-corrected chi connectivity index (χ4v) is 2.27. The number of hydrogen-bond acceptors (Lipinski definition) is 2. The molecule has 0 aliphatic carbocycles. The lowest BCUT2D eigenvalue weighted by atomic mass is 10.1. The van der Waals surface area contributed by atoms with E-state index in [4.69, 9.17) is 0 Å². The Kier molecular flexibility index (Phi) is 4.07. The Balaban J connectivity index is 2.01. The minimum absolute atomic E-state index is 0.331. The lowest BCUT2D eigenvalue weighted by molar-refractivity contribution is 0.193. The summed E-state index contributed by atoms with van der Waals surface area (Å²) in [7, 11) is 1.96. The van der Waals surface area contributed by atoms with Gasteiger partial charge in [-0.1, -0.05) is 0 Å². The molecule has 1 atom stereocenters. The first-order valence-electron chi connectivity index (χ1n) is 6.01. The molecule has 0 spiro atoms. The maximum absolute atomic E-state index is 13.5. The summed E-state index contributed by atoms with van der Waals surface area (Å²) < 4.78 is 26.5. The molecule has 0 saturated carbocycles. The molecule has 1 heterocycles. The zero-order valence-electron chi connectivity index (χ0n) is 10.0. The smallest absolute Gasteiger partial charge is 0.127 e. The Morgan fingerprint density at radius 3 is 2.94 bits per heavy atom. The quantitative estimate of drug-likeness (QED) is 0.871. The SMILES string of the molecule is CN(Cc1cc(F)ccc1F)C1CCCNC1. The predicted molar refractivity (Wildman–Crippen MR) is 63.7 cm³/mol. The monoisotopic (exact) mass is 240 g/mol. The molecule has 1 aromatic carbocycles. The van der Waals surface area contributed by atoms with Crippen molar-refractivity contribution in [3.05, 3.63) is 35.4 Å². The van der Waals surface area contributed by atoms with Crippen LogP contribution in [0.5, 0.6) is 0 Å². The molecule has 1 N–H and O–H groups in total. The molecule has 1 unspecified atom stereocenters. The summed E-state index contributed by atoms with van der Waals surface area (Å²) in [5.74, 6) is -0.710. The molecule has 2 rings (SSSR count). The number of hydrogen-bond donors (Lipinski definition) is 1. The molecule has 17 heavy (non-hydrogen) atoms. The van der Waals surface area contributed by atoms with Gasteiger partial charge >= 0.3 is 0 Å². The largest absolute Gasteiger partial charge is 0.315 e. The number of rotatable bonds is 3. The van der Waals surface area contributed by atoms with Crippen LogP contribution in [0.25, 0.3) is 0 Å². The molecule has 94 valence electrons. The first-order chi connectivity index (χ1) is 8.16. The van der Waals surface area contributed by atoms with Crippen molar-refractivity contribution in [2.45, 2.75) is 25.4 Å². The summed E-state index contributed by atoms with van der Waals surface area (Å²) in [4.78, 5) is 2.09. The van der Waals surface area contributed by atoms with Gasteiger partial charge in [0.15, 0.2) is 0 Å². The standard InChI is InChI=1S/C13H18F2N2/c1-17(12-3-2-6-16-8-12)9-10-7-11(14)4-5-13(10)15/h4-5,7,12,16H,2-3,6,8-9H2,1H3. The number of likely N-dealkylation sites (N-methyl/N-ethyl adjacent to an activating group) is 1. The molecular weight excluding hydrogens is 222 g/mol. The second kappa shape index (κ2) is 5.56. The van der Waals surface area contributed by atoms with Crippen molar-refractivity contribution in [2.24, 2.45) is 0 Å². The van der Waals surface area contributed by atoms with Crippen molar-refractivity contribution in [3.8, 4) is 0 Å². The van der Waals surface area contributed by atoms with Crippen molar-refractivity contribution < 1.29 is 8.78 Å². The van der Waals surface area contributed by atoms with Crippen LogP contribution >= 0.6 is 0 Å². The fraction of sp³-hybridized carbons (Fsp3) is 0.538. The topological polar surface area (TPSA) is 15.3 Å². The molecule has 2 nitrogen and oxygen atoms in total. The average Bonchev–Trinajstić information content (AvgIpc) is 2.35. The highest BCUT2D eigenvalue weighted by atomic mass is 19.1. The first-order valence-corrected chi connectivity index (χ1v) is 6.01. The van der Waals surface area contributed by atoms with E-state index < -0.39 is 0 Å². The van der Waals surface area contributed by atoms with Gasteiger partial charge in [0.1, 0.15) is 11.6 Å². The molecule has 1 saturated heterocycles. The molecule has 0 amide bonds. The summed E-state index contributed by atoms with van der Waals surface area (Å²) in [5, 5.41) is 3.32. The van der Waals surface area contributed by atoms with Gasteiger partial charge in [-0.3, -0.25) is 4.90 Å². The molecule has 0 aromatic heterocycles. The third kappa shape index (κ3) is 3.23. The van der Waals surface area contributed by atoms with Crippen molar-refractivity contribution in [1.82, 2.24) is 10.2 Å². The number of halogens is 2. The fourth-order valence-electron chi connectivity index (χ4n) is 2.27. The average molecular weight is 240 g/mol. The van der Waals surface area contributed by atoms with Crippen LogP contribution in [-0.4, -0.2) is 31.1 Å². The van der Waals surface area contributed by atoms with Crippen LogP contribution in [-0.2, 0) is 6.54 Å². The van der Waals surface area contributed by atoms with E-state index in [0.29, 0.717) is 18.2 Å². The number of benzene rings is 1.